The van der Waals surface area contributed by atoms with Gasteiger partial charge in [0.1, 0.15) is 12.5 Å². The van der Waals surface area contributed by atoms with Gasteiger partial charge in [0.15, 0.2) is 5.69 Å². The second-order valence-corrected chi connectivity index (χ2v) is 9.16. The molecule has 2 N–H and O–H groups in total. The molecule has 0 bridgehead atoms. The van der Waals surface area contributed by atoms with Crippen molar-refractivity contribution in [2.45, 2.75) is 32.2 Å². The van der Waals surface area contributed by atoms with Crippen LogP contribution in [0, 0.1) is 5.82 Å². The number of anilines is 2. The van der Waals surface area contributed by atoms with Gasteiger partial charge < -0.3 is 9.88 Å². The first kappa shape index (κ1) is 23.9. The van der Waals surface area contributed by atoms with Gasteiger partial charge in [-0.1, -0.05) is 19.9 Å². The maximum Gasteiger partial charge on any atom is 0.280 e. The summed E-state index contributed by atoms with van der Waals surface area (Å²) in [6, 6.07) is 9.29. The summed E-state index contributed by atoms with van der Waals surface area (Å²) >= 11 is 0. The monoisotopic (exact) mass is 496 g/mol. The molecule has 0 fully saturated rings. The summed E-state index contributed by atoms with van der Waals surface area (Å²) in [6.45, 7) is 3.11. The van der Waals surface area contributed by atoms with Crippen molar-refractivity contribution in [3.63, 3.8) is 0 Å². The summed E-state index contributed by atoms with van der Waals surface area (Å²) in [5.41, 5.74) is 4.51. The maximum atomic E-state index is 15.8. The fraction of sp³-hybridized carbons (Fsp3) is 0.346. The van der Waals surface area contributed by atoms with Crippen molar-refractivity contribution in [1.29, 1.82) is 0 Å². The van der Waals surface area contributed by atoms with Gasteiger partial charge in [-0.2, -0.15) is 5.10 Å². The lowest BCUT2D eigenvalue weighted by Gasteiger charge is -2.28. The zero-order chi connectivity index (χ0) is 25.4. The fourth-order valence-corrected chi connectivity index (χ4v) is 4.90. The van der Waals surface area contributed by atoms with Gasteiger partial charge in [-0.3, -0.25) is 19.2 Å². The molecule has 10 heteroatoms. The summed E-state index contributed by atoms with van der Waals surface area (Å²) in [4.78, 5) is 24.1. The Labute approximate surface area is 206 Å². The Morgan fingerprint density at radius 1 is 1.11 bits per heavy atom. The number of halogens is 3. The third-order valence-corrected chi connectivity index (χ3v) is 6.61. The molecule has 0 radical (unpaired) electrons. The van der Waals surface area contributed by atoms with Crippen LogP contribution in [-0.2, 0) is 0 Å². The van der Waals surface area contributed by atoms with Crippen LogP contribution >= 0.6 is 0 Å². The molecular weight excluding hydrogens is 469 g/mol. The van der Waals surface area contributed by atoms with E-state index in [0.717, 1.165) is 16.7 Å². The number of rotatable bonds is 9. The average Bonchev–Trinajstić information content (AvgIpc) is 3.57. The summed E-state index contributed by atoms with van der Waals surface area (Å²) in [5.74, 6) is -0.844. The first-order chi connectivity index (χ1) is 17.4. The number of nitrogens with one attached hydrogen (secondary N) is 2. The van der Waals surface area contributed by atoms with Crippen molar-refractivity contribution in [2.24, 2.45) is 0 Å². The Balaban J connectivity index is 1.62. The number of fused-ring (bicyclic) bond motifs is 2. The minimum Gasteiger partial charge on any atom is -0.369 e. The largest absolute Gasteiger partial charge is 0.369 e. The SMILES string of the molecule is CC(C)c1[nH]nc2c1C(c1ccc(N(CCF)CCCF)cc1F)N(c1ccc3nc[nH]c3c1)C2=O. The van der Waals surface area contributed by atoms with E-state index in [0.29, 0.717) is 22.5 Å². The van der Waals surface area contributed by atoms with E-state index in [4.69, 9.17) is 0 Å². The van der Waals surface area contributed by atoms with Gasteiger partial charge in [-0.05, 0) is 42.7 Å². The molecule has 2 aromatic carbocycles. The van der Waals surface area contributed by atoms with Crippen LogP contribution in [0.15, 0.2) is 42.7 Å². The van der Waals surface area contributed by atoms with Gasteiger partial charge in [0, 0.05) is 41.3 Å². The van der Waals surface area contributed by atoms with E-state index in [2.05, 4.69) is 20.2 Å². The summed E-state index contributed by atoms with van der Waals surface area (Å²) < 4.78 is 41.6. The lowest BCUT2D eigenvalue weighted by molar-refractivity contribution is 0.0988. The number of aromatic amines is 2. The van der Waals surface area contributed by atoms with Crippen LogP contribution in [0.5, 0.6) is 0 Å². The van der Waals surface area contributed by atoms with Gasteiger partial charge in [0.25, 0.3) is 5.91 Å². The number of alkyl halides is 2. The first-order valence-corrected chi connectivity index (χ1v) is 12.0. The second-order valence-electron chi connectivity index (χ2n) is 9.16. The fourth-order valence-electron chi connectivity index (χ4n) is 4.90. The molecule has 1 unspecified atom stereocenters. The molecule has 0 saturated heterocycles. The molecule has 1 aliphatic heterocycles. The molecular formula is C26H27F3N6O. The predicted molar refractivity (Wildman–Crippen MR) is 133 cm³/mol. The summed E-state index contributed by atoms with van der Waals surface area (Å²) in [6.07, 6.45) is 1.80. The third kappa shape index (κ3) is 4.00. The van der Waals surface area contributed by atoms with Crippen LogP contribution < -0.4 is 9.80 Å². The summed E-state index contributed by atoms with van der Waals surface area (Å²) in [7, 11) is 0. The number of carbonyl (C=O) groups is 1. The first-order valence-electron chi connectivity index (χ1n) is 12.0. The summed E-state index contributed by atoms with van der Waals surface area (Å²) in [5, 5.41) is 7.26. The van der Waals surface area contributed by atoms with Gasteiger partial charge in [-0.15, -0.1) is 0 Å². The van der Waals surface area contributed by atoms with Crippen molar-refractivity contribution >= 4 is 28.3 Å². The van der Waals surface area contributed by atoms with Crippen LogP contribution in [-0.4, -0.2) is 52.5 Å². The van der Waals surface area contributed by atoms with E-state index >= 15 is 4.39 Å². The maximum absolute atomic E-state index is 15.8. The molecule has 7 nitrogen and oxygen atoms in total. The average molecular weight is 497 g/mol. The quantitative estimate of drug-likeness (QED) is 0.324. The van der Waals surface area contributed by atoms with Crippen LogP contribution in [0.2, 0.25) is 0 Å². The Hall–Kier alpha value is -3.82. The molecule has 0 spiro atoms. The molecule has 188 valence electrons. The third-order valence-electron chi connectivity index (χ3n) is 6.61. The standard InChI is InChI=1S/C26H27F3N6O/c1-15(2)23-22-24(33-32-23)26(36)35(17-5-7-20-21(13-17)31-14-30-20)25(22)18-6-4-16(12-19(18)29)34(11-9-28)10-3-8-27/h4-7,12-15,25H,3,8-11H2,1-2H3,(H,30,31)(H,32,33). The van der Waals surface area contributed by atoms with Crippen LogP contribution in [0.3, 0.4) is 0 Å². The van der Waals surface area contributed by atoms with Crippen LogP contribution in [0.4, 0.5) is 24.5 Å². The number of H-pyrrole nitrogens is 2. The molecule has 0 saturated carbocycles. The van der Waals surface area contributed by atoms with Crippen molar-refractivity contribution in [3.8, 4) is 0 Å². The molecule has 36 heavy (non-hydrogen) atoms. The number of hydrogen-bond acceptors (Lipinski definition) is 4. The number of carbonyl (C=O) groups excluding carboxylic acids is 1. The molecule has 4 aromatic rings. The second kappa shape index (κ2) is 9.67. The minimum absolute atomic E-state index is 0.0228. The van der Waals surface area contributed by atoms with Gasteiger partial charge in [0.05, 0.1) is 30.1 Å². The van der Waals surface area contributed by atoms with Crippen molar-refractivity contribution in [2.75, 3.05) is 36.2 Å². The van der Waals surface area contributed by atoms with E-state index in [9.17, 15) is 13.6 Å². The highest BCUT2D eigenvalue weighted by Gasteiger charge is 2.44. The smallest absolute Gasteiger partial charge is 0.280 e. The zero-order valence-electron chi connectivity index (χ0n) is 20.1. The molecule has 1 aliphatic rings. The van der Waals surface area contributed by atoms with Crippen LogP contribution in [0.1, 0.15) is 59.5 Å². The van der Waals surface area contributed by atoms with E-state index in [1.165, 1.54) is 6.07 Å². The lowest BCUT2D eigenvalue weighted by atomic mass is 9.94. The topological polar surface area (TPSA) is 80.9 Å². The predicted octanol–water partition coefficient (Wildman–Crippen LogP) is 5.43. The Morgan fingerprint density at radius 3 is 2.67 bits per heavy atom. The molecule has 0 aliphatic carbocycles. The lowest BCUT2D eigenvalue weighted by Crippen LogP contribution is -2.30. The molecule has 1 amide bonds. The highest BCUT2D eigenvalue weighted by Crippen LogP contribution is 2.45. The number of benzene rings is 2. The number of imidazole rings is 1. The van der Waals surface area contributed by atoms with Gasteiger partial charge >= 0.3 is 0 Å². The Kier molecular flexibility index (Phi) is 6.42. The number of amides is 1. The Morgan fingerprint density at radius 2 is 1.94 bits per heavy atom. The molecule has 1 atom stereocenters. The highest BCUT2D eigenvalue weighted by molar-refractivity contribution is 6.11. The Bertz CT molecular complexity index is 1400. The highest BCUT2D eigenvalue weighted by atomic mass is 19.1. The number of hydrogen-bond donors (Lipinski definition) is 2. The number of nitrogens with zero attached hydrogens (tertiary/aromatic N) is 4. The van der Waals surface area contributed by atoms with Gasteiger partial charge in [0.2, 0.25) is 0 Å². The van der Waals surface area contributed by atoms with E-state index in [1.54, 1.807) is 40.4 Å². The molecule has 3 heterocycles. The van der Waals surface area contributed by atoms with Crippen molar-refractivity contribution in [1.82, 2.24) is 20.2 Å². The number of aromatic nitrogens is 4. The van der Waals surface area contributed by atoms with Crippen molar-refractivity contribution in [3.05, 3.63) is 71.1 Å². The normalized spacial score (nSPS) is 15.3. The van der Waals surface area contributed by atoms with Crippen LogP contribution in [0.25, 0.3) is 11.0 Å². The molecule has 5 rings (SSSR count). The van der Waals surface area contributed by atoms with Crippen molar-refractivity contribution < 1.29 is 18.0 Å². The van der Waals surface area contributed by atoms with E-state index in [1.807, 2.05) is 19.9 Å². The van der Waals surface area contributed by atoms with E-state index in [-0.39, 0.29) is 37.0 Å². The minimum atomic E-state index is -0.751. The van der Waals surface area contributed by atoms with Gasteiger partial charge in [-0.25, -0.2) is 13.8 Å². The molecule has 2 aromatic heterocycles. The van der Waals surface area contributed by atoms with E-state index < -0.39 is 25.2 Å². The zero-order valence-corrected chi connectivity index (χ0v) is 20.1.